The van der Waals surface area contributed by atoms with Crippen LogP contribution < -0.4 is 5.32 Å². The van der Waals surface area contributed by atoms with E-state index < -0.39 is 0 Å². The molecule has 0 bridgehead atoms. The molecule has 1 aromatic rings. The summed E-state index contributed by atoms with van der Waals surface area (Å²) in [5.74, 6) is 0.737. The number of nitrogens with zero attached hydrogens (tertiary/aromatic N) is 1. The maximum Gasteiger partial charge on any atom is 0.234 e. The summed E-state index contributed by atoms with van der Waals surface area (Å²) in [6.45, 7) is 6.69. The minimum atomic E-state index is 0.156. The molecule has 0 unspecified atom stereocenters. The largest absolute Gasteiger partial charge is 0.353 e. The Morgan fingerprint density at radius 2 is 2.16 bits per heavy atom. The van der Waals surface area contributed by atoms with Gasteiger partial charge in [0.1, 0.15) is 0 Å². The van der Waals surface area contributed by atoms with E-state index >= 15 is 0 Å². The van der Waals surface area contributed by atoms with Gasteiger partial charge in [-0.1, -0.05) is 37.3 Å². The summed E-state index contributed by atoms with van der Waals surface area (Å²) in [4.78, 5) is 14.1. The van der Waals surface area contributed by atoms with E-state index in [0.29, 0.717) is 12.5 Å². The summed E-state index contributed by atoms with van der Waals surface area (Å²) in [7, 11) is 0. The molecule has 1 aromatic carbocycles. The van der Waals surface area contributed by atoms with Crippen LogP contribution in [0.25, 0.3) is 0 Å². The van der Waals surface area contributed by atoms with Crippen molar-refractivity contribution in [2.45, 2.75) is 38.6 Å². The van der Waals surface area contributed by atoms with Crippen LogP contribution in [0, 0.1) is 0 Å². The van der Waals surface area contributed by atoms with Gasteiger partial charge in [-0.25, -0.2) is 0 Å². The summed E-state index contributed by atoms with van der Waals surface area (Å²) in [5.41, 5.74) is 1.40. The van der Waals surface area contributed by atoms with Gasteiger partial charge in [-0.2, -0.15) is 0 Å². The third-order valence-electron chi connectivity index (χ3n) is 3.93. The van der Waals surface area contributed by atoms with Crippen LogP contribution >= 0.6 is 0 Å². The molecule has 3 nitrogen and oxygen atoms in total. The maximum absolute atomic E-state index is 11.9. The zero-order chi connectivity index (χ0) is 13.7. The van der Waals surface area contributed by atoms with E-state index in [2.05, 4.69) is 54.4 Å². The van der Waals surface area contributed by atoms with E-state index in [0.717, 1.165) is 25.9 Å². The number of hydrogen-bond acceptors (Lipinski definition) is 2. The van der Waals surface area contributed by atoms with Crippen LogP contribution in [-0.4, -0.2) is 36.5 Å². The van der Waals surface area contributed by atoms with Crippen molar-refractivity contribution in [1.29, 1.82) is 0 Å². The van der Waals surface area contributed by atoms with Gasteiger partial charge in [0.25, 0.3) is 0 Å². The fourth-order valence-corrected chi connectivity index (χ4v) is 2.60. The van der Waals surface area contributed by atoms with Gasteiger partial charge >= 0.3 is 0 Å². The number of carbonyl (C=O) groups is 1. The number of likely N-dealkylation sites (tertiary alicyclic amines) is 1. The number of carbonyl (C=O) groups excluding carboxylic acids is 1. The molecule has 2 rings (SSSR count). The van der Waals surface area contributed by atoms with Crippen molar-refractivity contribution in [2.75, 3.05) is 19.6 Å². The minimum absolute atomic E-state index is 0.156. The van der Waals surface area contributed by atoms with Crippen LogP contribution in [0.4, 0.5) is 0 Å². The molecule has 1 saturated heterocycles. The van der Waals surface area contributed by atoms with Crippen LogP contribution in [0.5, 0.6) is 0 Å². The number of nitrogens with one attached hydrogen (secondary N) is 1. The quantitative estimate of drug-likeness (QED) is 0.881. The second-order valence-corrected chi connectivity index (χ2v) is 5.51. The first-order chi connectivity index (χ1) is 9.19. The molecule has 0 aliphatic carbocycles. The molecule has 0 saturated carbocycles. The van der Waals surface area contributed by atoms with Gasteiger partial charge in [0.15, 0.2) is 0 Å². The molecule has 1 aliphatic heterocycles. The lowest BCUT2D eigenvalue weighted by Crippen LogP contribution is -2.40. The van der Waals surface area contributed by atoms with E-state index in [4.69, 9.17) is 0 Å². The Labute approximate surface area is 116 Å². The van der Waals surface area contributed by atoms with Crippen LogP contribution in [0.1, 0.15) is 38.2 Å². The molecule has 3 heteroatoms. The highest BCUT2D eigenvalue weighted by molar-refractivity contribution is 5.78. The van der Waals surface area contributed by atoms with E-state index in [1.807, 2.05) is 0 Å². The molecular weight excluding hydrogens is 236 g/mol. The monoisotopic (exact) mass is 260 g/mol. The predicted molar refractivity (Wildman–Crippen MR) is 78.1 cm³/mol. The molecular formula is C16H24N2O. The number of hydrogen-bond donors (Lipinski definition) is 1. The Balaban J connectivity index is 1.81. The second-order valence-electron chi connectivity index (χ2n) is 5.51. The highest BCUT2D eigenvalue weighted by atomic mass is 16.2. The lowest BCUT2D eigenvalue weighted by Gasteiger charge is -2.18. The third kappa shape index (κ3) is 4.06. The SMILES string of the molecule is CC[C@@H](C)NC(=O)CN1CC[C@H](c2ccccc2)C1. The predicted octanol–water partition coefficient (Wildman–Crippen LogP) is 2.39. The first-order valence-corrected chi connectivity index (χ1v) is 7.25. The topological polar surface area (TPSA) is 32.3 Å². The van der Waals surface area contributed by atoms with Crippen molar-refractivity contribution in [1.82, 2.24) is 10.2 Å². The molecule has 0 spiro atoms. The zero-order valence-electron chi connectivity index (χ0n) is 11.9. The van der Waals surface area contributed by atoms with Crippen LogP contribution in [-0.2, 0) is 4.79 Å². The van der Waals surface area contributed by atoms with Gasteiger partial charge in [0.05, 0.1) is 6.54 Å². The third-order valence-corrected chi connectivity index (χ3v) is 3.93. The highest BCUT2D eigenvalue weighted by Crippen LogP contribution is 2.26. The first-order valence-electron chi connectivity index (χ1n) is 7.25. The van der Waals surface area contributed by atoms with Gasteiger partial charge in [-0.3, -0.25) is 9.69 Å². The van der Waals surface area contributed by atoms with Crippen molar-refractivity contribution in [3.63, 3.8) is 0 Å². The average Bonchev–Trinajstić information content (AvgIpc) is 2.88. The van der Waals surface area contributed by atoms with Gasteiger partial charge in [0.2, 0.25) is 5.91 Å². The number of benzene rings is 1. The fraction of sp³-hybridized carbons (Fsp3) is 0.562. The molecule has 104 valence electrons. The second kappa shape index (κ2) is 6.71. The molecule has 19 heavy (non-hydrogen) atoms. The van der Waals surface area contributed by atoms with Crippen LogP contribution in [0.3, 0.4) is 0 Å². The Morgan fingerprint density at radius 1 is 1.42 bits per heavy atom. The highest BCUT2D eigenvalue weighted by Gasteiger charge is 2.25. The van der Waals surface area contributed by atoms with E-state index in [1.54, 1.807) is 0 Å². The van der Waals surface area contributed by atoms with Crippen LogP contribution in [0.15, 0.2) is 30.3 Å². The Bertz CT molecular complexity index is 404. The van der Waals surface area contributed by atoms with Gasteiger partial charge in [-0.05, 0) is 37.8 Å². The molecule has 2 atom stereocenters. The summed E-state index contributed by atoms with van der Waals surface area (Å²) >= 11 is 0. The van der Waals surface area contributed by atoms with Crippen molar-refractivity contribution < 1.29 is 4.79 Å². The van der Waals surface area contributed by atoms with Crippen LogP contribution in [0.2, 0.25) is 0 Å². The standard InChI is InChI=1S/C16H24N2O/c1-3-13(2)17-16(19)12-18-10-9-15(11-18)14-7-5-4-6-8-14/h4-8,13,15H,3,9-12H2,1-2H3,(H,17,19)/t13-,15+/m1/s1. The van der Waals surface area contributed by atoms with Gasteiger partial charge in [-0.15, -0.1) is 0 Å². The number of amides is 1. The van der Waals surface area contributed by atoms with E-state index in [-0.39, 0.29) is 11.9 Å². The average molecular weight is 260 g/mol. The lowest BCUT2D eigenvalue weighted by atomic mass is 9.99. The molecule has 0 aromatic heterocycles. The zero-order valence-corrected chi connectivity index (χ0v) is 11.9. The Kier molecular flexibility index (Phi) is 4.97. The van der Waals surface area contributed by atoms with Crippen molar-refractivity contribution >= 4 is 5.91 Å². The first kappa shape index (κ1) is 14.1. The molecule has 1 N–H and O–H groups in total. The molecule has 1 fully saturated rings. The lowest BCUT2D eigenvalue weighted by molar-refractivity contribution is -0.122. The minimum Gasteiger partial charge on any atom is -0.353 e. The molecule has 1 heterocycles. The maximum atomic E-state index is 11.9. The van der Waals surface area contributed by atoms with Crippen molar-refractivity contribution in [3.8, 4) is 0 Å². The van der Waals surface area contributed by atoms with E-state index in [1.165, 1.54) is 5.56 Å². The Morgan fingerprint density at radius 3 is 2.84 bits per heavy atom. The fourth-order valence-electron chi connectivity index (χ4n) is 2.60. The summed E-state index contributed by atoms with van der Waals surface area (Å²) in [5, 5.41) is 3.03. The normalized spacial score (nSPS) is 21.3. The smallest absolute Gasteiger partial charge is 0.234 e. The Hall–Kier alpha value is -1.35. The molecule has 0 radical (unpaired) electrons. The molecule has 1 amide bonds. The summed E-state index contributed by atoms with van der Waals surface area (Å²) in [6, 6.07) is 10.9. The van der Waals surface area contributed by atoms with Crippen molar-refractivity contribution in [2.24, 2.45) is 0 Å². The summed E-state index contributed by atoms with van der Waals surface area (Å²) in [6.07, 6.45) is 2.14. The number of rotatable bonds is 5. The molecule has 1 aliphatic rings. The van der Waals surface area contributed by atoms with E-state index in [9.17, 15) is 4.79 Å². The van der Waals surface area contributed by atoms with Gasteiger partial charge < -0.3 is 5.32 Å². The van der Waals surface area contributed by atoms with Gasteiger partial charge in [0, 0.05) is 12.6 Å². The van der Waals surface area contributed by atoms with Crippen molar-refractivity contribution in [3.05, 3.63) is 35.9 Å². The summed E-state index contributed by atoms with van der Waals surface area (Å²) < 4.78 is 0.